The molecule has 2 rings (SSSR count). The molecule has 0 atom stereocenters. The van der Waals surface area contributed by atoms with Gasteiger partial charge in [-0.3, -0.25) is 10.1 Å². The van der Waals surface area contributed by atoms with Gasteiger partial charge in [0.1, 0.15) is 0 Å². The van der Waals surface area contributed by atoms with Crippen LogP contribution in [0.3, 0.4) is 0 Å². The molecule has 0 amide bonds. The van der Waals surface area contributed by atoms with Gasteiger partial charge in [-0.15, -0.1) is 0 Å². The highest BCUT2D eigenvalue weighted by Crippen LogP contribution is 2.22. The molecule has 6 heteroatoms. The van der Waals surface area contributed by atoms with Crippen LogP contribution in [-0.4, -0.2) is 36.0 Å². The second kappa shape index (κ2) is 7.71. The summed E-state index contributed by atoms with van der Waals surface area (Å²) < 4.78 is 0.871. The molecule has 0 radical (unpaired) electrons. The zero-order chi connectivity index (χ0) is 14.4. The molecule has 1 saturated heterocycles. The first kappa shape index (κ1) is 15.4. The van der Waals surface area contributed by atoms with Crippen molar-refractivity contribution in [2.24, 2.45) is 0 Å². The topological polar surface area (TPSA) is 58.4 Å². The fourth-order valence-electron chi connectivity index (χ4n) is 2.52. The van der Waals surface area contributed by atoms with Crippen molar-refractivity contribution in [2.75, 3.05) is 26.2 Å². The lowest BCUT2D eigenvalue weighted by Crippen LogP contribution is -2.35. The van der Waals surface area contributed by atoms with Crippen molar-refractivity contribution in [3.63, 3.8) is 0 Å². The molecule has 1 fully saturated rings. The number of nitrogens with one attached hydrogen (secondary N) is 1. The Bertz CT molecular complexity index is 462. The maximum atomic E-state index is 11.0. The molecule has 0 saturated carbocycles. The quantitative estimate of drug-likeness (QED) is 0.491. The zero-order valence-corrected chi connectivity index (χ0v) is 13.1. The summed E-state index contributed by atoms with van der Waals surface area (Å²) >= 11 is 3.36. The van der Waals surface area contributed by atoms with E-state index in [1.807, 2.05) is 6.07 Å². The van der Waals surface area contributed by atoms with Crippen LogP contribution >= 0.6 is 15.9 Å². The summed E-state index contributed by atoms with van der Waals surface area (Å²) in [5, 5.41) is 14.3. The minimum absolute atomic E-state index is 0.179. The van der Waals surface area contributed by atoms with Crippen molar-refractivity contribution < 1.29 is 4.92 Å². The van der Waals surface area contributed by atoms with Crippen molar-refractivity contribution in [1.29, 1.82) is 0 Å². The Morgan fingerprint density at radius 2 is 2.05 bits per heavy atom. The second-order valence-corrected chi connectivity index (χ2v) is 6.02. The van der Waals surface area contributed by atoms with Gasteiger partial charge in [-0.25, -0.2) is 0 Å². The smallest absolute Gasteiger partial charge is 0.273 e. The number of likely N-dealkylation sites (tertiary alicyclic amines) is 1. The Balaban J connectivity index is 1.81. The summed E-state index contributed by atoms with van der Waals surface area (Å²) in [6.07, 6.45) is 3.92. The predicted octanol–water partition coefficient (Wildman–Crippen LogP) is 2.93. The summed E-state index contributed by atoms with van der Waals surface area (Å²) in [4.78, 5) is 13.1. The number of nitro groups is 1. The van der Waals surface area contributed by atoms with E-state index in [4.69, 9.17) is 0 Å². The van der Waals surface area contributed by atoms with E-state index in [1.165, 1.54) is 32.4 Å². The van der Waals surface area contributed by atoms with Crippen molar-refractivity contribution in [3.8, 4) is 0 Å². The molecule has 0 spiro atoms. The van der Waals surface area contributed by atoms with Crippen molar-refractivity contribution >= 4 is 21.6 Å². The molecule has 1 aromatic rings. The first-order valence-electron chi connectivity index (χ1n) is 7.03. The summed E-state index contributed by atoms with van der Waals surface area (Å²) in [5.74, 6) is 0. The third kappa shape index (κ3) is 4.54. The molecule has 5 nitrogen and oxygen atoms in total. The van der Waals surface area contributed by atoms with Crippen LogP contribution in [0.2, 0.25) is 0 Å². The van der Waals surface area contributed by atoms with Crippen molar-refractivity contribution in [3.05, 3.63) is 38.3 Å². The average Bonchev–Trinajstić information content (AvgIpc) is 2.44. The molecule has 0 unspecified atom stereocenters. The Labute approximate surface area is 127 Å². The molecule has 1 aliphatic rings. The maximum absolute atomic E-state index is 11.0. The van der Waals surface area contributed by atoms with E-state index in [9.17, 15) is 10.1 Å². The Hall–Kier alpha value is -0.980. The average molecular weight is 342 g/mol. The van der Waals surface area contributed by atoms with Gasteiger partial charge in [0.25, 0.3) is 5.69 Å². The minimum atomic E-state index is -0.325. The number of nitro benzene ring substituents is 1. The summed E-state index contributed by atoms with van der Waals surface area (Å²) in [7, 11) is 0. The lowest BCUT2D eigenvalue weighted by atomic mass is 10.1. The summed E-state index contributed by atoms with van der Waals surface area (Å²) in [6.45, 7) is 4.77. The standard InChI is InChI=1S/C14H20BrN3O2/c15-13-4-5-14(18(19)20)12(10-13)11-16-6-9-17-7-2-1-3-8-17/h4-5,10,16H,1-3,6-9,11H2. The number of halogens is 1. The fraction of sp³-hybridized carbons (Fsp3) is 0.571. The van der Waals surface area contributed by atoms with Gasteiger partial charge in [-0.05, 0) is 38.1 Å². The van der Waals surface area contributed by atoms with Gasteiger partial charge in [0, 0.05) is 35.7 Å². The number of hydrogen-bond donors (Lipinski definition) is 1. The van der Waals surface area contributed by atoms with E-state index in [1.54, 1.807) is 12.1 Å². The van der Waals surface area contributed by atoms with E-state index in [-0.39, 0.29) is 10.6 Å². The Kier molecular flexibility index (Phi) is 5.94. The molecule has 0 bridgehead atoms. The minimum Gasteiger partial charge on any atom is -0.311 e. The van der Waals surface area contributed by atoms with Gasteiger partial charge < -0.3 is 10.2 Å². The van der Waals surface area contributed by atoms with E-state index >= 15 is 0 Å². The first-order chi connectivity index (χ1) is 9.66. The molecule has 1 aliphatic heterocycles. The van der Waals surface area contributed by atoms with E-state index < -0.39 is 0 Å². The van der Waals surface area contributed by atoms with Gasteiger partial charge in [-0.2, -0.15) is 0 Å². The Morgan fingerprint density at radius 1 is 1.30 bits per heavy atom. The molecular formula is C14H20BrN3O2. The molecular weight excluding hydrogens is 322 g/mol. The largest absolute Gasteiger partial charge is 0.311 e. The summed E-state index contributed by atoms with van der Waals surface area (Å²) in [5.41, 5.74) is 0.904. The monoisotopic (exact) mass is 341 g/mol. The lowest BCUT2D eigenvalue weighted by molar-refractivity contribution is -0.385. The highest BCUT2D eigenvalue weighted by molar-refractivity contribution is 9.10. The summed E-state index contributed by atoms with van der Waals surface area (Å²) in [6, 6.07) is 5.06. The Morgan fingerprint density at radius 3 is 2.75 bits per heavy atom. The van der Waals surface area contributed by atoms with Crippen LogP contribution < -0.4 is 5.32 Å². The van der Waals surface area contributed by atoms with Crippen LogP contribution in [0.1, 0.15) is 24.8 Å². The van der Waals surface area contributed by atoms with Crippen LogP contribution in [0.25, 0.3) is 0 Å². The number of piperidine rings is 1. The van der Waals surface area contributed by atoms with Gasteiger partial charge in [0.05, 0.1) is 4.92 Å². The normalized spacial score (nSPS) is 16.2. The van der Waals surface area contributed by atoms with Crippen LogP contribution in [0, 0.1) is 10.1 Å². The highest BCUT2D eigenvalue weighted by Gasteiger charge is 2.13. The third-order valence-corrected chi connectivity index (χ3v) is 4.10. The second-order valence-electron chi connectivity index (χ2n) is 5.11. The van der Waals surface area contributed by atoms with Crippen LogP contribution in [0.4, 0.5) is 5.69 Å². The molecule has 1 aromatic carbocycles. The first-order valence-corrected chi connectivity index (χ1v) is 7.82. The lowest BCUT2D eigenvalue weighted by Gasteiger charge is -2.26. The maximum Gasteiger partial charge on any atom is 0.273 e. The fourth-order valence-corrected chi connectivity index (χ4v) is 2.93. The van der Waals surface area contributed by atoms with Crippen LogP contribution in [0.15, 0.2) is 22.7 Å². The number of nitrogens with zero attached hydrogens (tertiary/aromatic N) is 2. The zero-order valence-electron chi connectivity index (χ0n) is 11.5. The van der Waals surface area contributed by atoms with E-state index in [0.29, 0.717) is 6.54 Å². The molecule has 110 valence electrons. The van der Waals surface area contributed by atoms with Crippen LogP contribution in [-0.2, 0) is 6.54 Å². The van der Waals surface area contributed by atoms with E-state index in [0.717, 1.165) is 23.1 Å². The number of rotatable bonds is 6. The molecule has 1 N–H and O–H groups in total. The van der Waals surface area contributed by atoms with E-state index in [2.05, 4.69) is 26.1 Å². The SMILES string of the molecule is O=[N+]([O-])c1ccc(Br)cc1CNCCN1CCCCC1. The molecule has 1 heterocycles. The molecule has 20 heavy (non-hydrogen) atoms. The van der Waals surface area contributed by atoms with Gasteiger partial charge in [0.15, 0.2) is 0 Å². The van der Waals surface area contributed by atoms with Gasteiger partial charge >= 0.3 is 0 Å². The third-order valence-electron chi connectivity index (χ3n) is 3.61. The number of benzene rings is 1. The number of hydrogen-bond acceptors (Lipinski definition) is 4. The predicted molar refractivity (Wildman–Crippen MR) is 82.8 cm³/mol. The highest BCUT2D eigenvalue weighted by atomic mass is 79.9. The van der Waals surface area contributed by atoms with Crippen LogP contribution in [0.5, 0.6) is 0 Å². The van der Waals surface area contributed by atoms with Gasteiger partial charge in [0.2, 0.25) is 0 Å². The van der Waals surface area contributed by atoms with Crippen molar-refractivity contribution in [2.45, 2.75) is 25.8 Å². The van der Waals surface area contributed by atoms with Crippen molar-refractivity contribution in [1.82, 2.24) is 10.2 Å². The van der Waals surface area contributed by atoms with Gasteiger partial charge in [-0.1, -0.05) is 22.4 Å². The molecule has 0 aliphatic carbocycles. The molecule has 0 aromatic heterocycles.